The normalized spacial score (nSPS) is 11.8. The highest BCUT2D eigenvalue weighted by molar-refractivity contribution is 6.12. The summed E-state index contributed by atoms with van der Waals surface area (Å²) in [6.45, 7) is 0.523. The Labute approximate surface area is 214 Å². The number of benzene rings is 3. The number of rotatable bonds is 10. The highest BCUT2D eigenvalue weighted by Crippen LogP contribution is 2.58. The molecule has 3 aromatic carbocycles. The van der Waals surface area contributed by atoms with Gasteiger partial charge in [0.1, 0.15) is 0 Å². The number of amides is 2. The van der Waals surface area contributed by atoms with E-state index < -0.39 is 12.2 Å². The van der Waals surface area contributed by atoms with Gasteiger partial charge in [0, 0.05) is 13.1 Å². The molecule has 1 aliphatic heterocycles. The summed E-state index contributed by atoms with van der Waals surface area (Å²) in [5.74, 6) is 0.707. The predicted molar refractivity (Wildman–Crippen MR) is 142 cm³/mol. The van der Waals surface area contributed by atoms with Crippen LogP contribution in [0.3, 0.4) is 0 Å². The maximum Gasteiger partial charge on any atom is 0.411 e. The number of hydrogen-bond donors (Lipinski definition) is 4. The fourth-order valence-corrected chi connectivity index (χ4v) is 4.48. The zero-order valence-electron chi connectivity index (χ0n) is 20.3. The van der Waals surface area contributed by atoms with E-state index in [9.17, 15) is 19.8 Å². The van der Waals surface area contributed by atoms with Crippen molar-refractivity contribution in [1.82, 2.24) is 0 Å². The number of ether oxygens (including phenoxy) is 2. The van der Waals surface area contributed by atoms with E-state index >= 15 is 0 Å². The summed E-state index contributed by atoms with van der Waals surface area (Å²) < 4.78 is 11.9. The zero-order chi connectivity index (χ0) is 26.4. The molecule has 10 nitrogen and oxygen atoms in total. The van der Waals surface area contributed by atoms with Crippen LogP contribution in [0.2, 0.25) is 0 Å². The molecule has 37 heavy (non-hydrogen) atoms. The Kier molecular flexibility index (Phi) is 8.11. The molecule has 194 valence electrons. The van der Waals surface area contributed by atoms with Crippen LogP contribution in [0.4, 0.5) is 21.0 Å². The van der Waals surface area contributed by atoms with Crippen molar-refractivity contribution in [3.05, 3.63) is 60.7 Å². The molecular weight excluding hydrogens is 476 g/mol. The lowest BCUT2D eigenvalue weighted by Gasteiger charge is -2.32. The summed E-state index contributed by atoms with van der Waals surface area (Å²) in [4.78, 5) is 27.7. The van der Waals surface area contributed by atoms with Crippen molar-refractivity contribution in [2.24, 2.45) is 11.5 Å². The number of carboxylic acid groups (broad SMARTS) is 2. The summed E-state index contributed by atoms with van der Waals surface area (Å²) in [5, 5.41) is 20.8. The first-order chi connectivity index (χ1) is 18.0. The van der Waals surface area contributed by atoms with Gasteiger partial charge < -0.3 is 31.2 Å². The van der Waals surface area contributed by atoms with E-state index in [1.54, 1.807) is 0 Å². The number of carbonyl (C=O) groups is 2. The van der Waals surface area contributed by atoms with Crippen molar-refractivity contribution in [1.29, 1.82) is 0 Å². The Balaban J connectivity index is 2.20. The van der Waals surface area contributed by atoms with Crippen LogP contribution in [0.15, 0.2) is 60.7 Å². The van der Waals surface area contributed by atoms with Crippen LogP contribution in [0, 0.1) is 0 Å². The van der Waals surface area contributed by atoms with Crippen LogP contribution < -0.4 is 30.7 Å². The summed E-state index contributed by atoms with van der Waals surface area (Å²) in [6, 6.07) is 18.2. The number of fused-ring (bicyclic) bond motifs is 1. The van der Waals surface area contributed by atoms with Crippen LogP contribution in [0.1, 0.15) is 12.8 Å². The third-order valence-electron chi connectivity index (χ3n) is 6.06. The molecule has 10 heteroatoms. The van der Waals surface area contributed by atoms with Gasteiger partial charge in [-0.3, -0.25) is 9.80 Å². The Bertz CT molecular complexity index is 1160. The fraction of sp³-hybridized carbons (Fsp3) is 0.259. The van der Waals surface area contributed by atoms with Crippen LogP contribution in [-0.4, -0.2) is 55.4 Å². The molecule has 1 aliphatic rings. The third kappa shape index (κ3) is 5.16. The van der Waals surface area contributed by atoms with Crippen molar-refractivity contribution in [3.8, 4) is 33.8 Å². The van der Waals surface area contributed by atoms with Gasteiger partial charge in [-0.25, -0.2) is 9.59 Å². The molecule has 0 unspecified atom stereocenters. The van der Waals surface area contributed by atoms with E-state index in [0.29, 0.717) is 46.6 Å². The van der Waals surface area contributed by atoms with Gasteiger partial charge in [0.25, 0.3) is 0 Å². The predicted octanol–water partition coefficient (Wildman–Crippen LogP) is 4.42. The van der Waals surface area contributed by atoms with Crippen LogP contribution in [-0.2, 0) is 0 Å². The Hall–Kier alpha value is -4.28. The van der Waals surface area contributed by atoms with Crippen molar-refractivity contribution >= 4 is 23.6 Å². The van der Waals surface area contributed by atoms with E-state index in [2.05, 4.69) is 0 Å². The van der Waals surface area contributed by atoms with Crippen molar-refractivity contribution in [3.63, 3.8) is 0 Å². The second-order valence-corrected chi connectivity index (χ2v) is 8.40. The third-order valence-corrected chi connectivity index (χ3v) is 6.06. The average Bonchev–Trinajstić information content (AvgIpc) is 3.38. The van der Waals surface area contributed by atoms with Crippen LogP contribution in [0.25, 0.3) is 22.3 Å². The minimum atomic E-state index is -1.24. The minimum absolute atomic E-state index is 0.0525. The van der Waals surface area contributed by atoms with Gasteiger partial charge in [-0.05, 0) is 37.1 Å². The van der Waals surface area contributed by atoms with E-state index in [1.165, 1.54) is 0 Å². The van der Waals surface area contributed by atoms with E-state index in [4.69, 9.17) is 20.9 Å². The van der Waals surface area contributed by atoms with Gasteiger partial charge in [0.05, 0.1) is 22.5 Å². The molecule has 0 atom stereocenters. The van der Waals surface area contributed by atoms with Gasteiger partial charge in [-0.2, -0.15) is 0 Å². The summed E-state index contributed by atoms with van der Waals surface area (Å²) >= 11 is 0. The van der Waals surface area contributed by atoms with Crippen LogP contribution >= 0.6 is 0 Å². The van der Waals surface area contributed by atoms with Gasteiger partial charge in [-0.15, -0.1) is 0 Å². The first-order valence-electron chi connectivity index (χ1n) is 12.0. The maximum absolute atomic E-state index is 12.7. The highest BCUT2D eigenvalue weighted by atomic mass is 16.7. The molecule has 0 aliphatic carbocycles. The highest BCUT2D eigenvalue weighted by Gasteiger charge is 2.38. The quantitative estimate of drug-likeness (QED) is 0.315. The molecule has 0 radical (unpaired) electrons. The van der Waals surface area contributed by atoms with Gasteiger partial charge in [-0.1, -0.05) is 60.7 Å². The number of nitrogens with two attached hydrogens (primary N) is 2. The lowest BCUT2D eigenvalue weighted by Crippen LogP contribution is -2.37. The van der Waals surface area contributed by atoms with Crippen molar-refractivity contribution in [2.75, 3.05) is 42.8 Å². The molecule has 0 fully saturated rings. The lowest BCUT2D eigenvalue weighted by molar-refractivity contribution is 0.174. The second kappa shape index (κ2) is 11.6. The minimum Gasteiger partial charge on any atom is -0.465 e. The van der Waals surface area contributed by atoms with Crippen molar-refractivity contribution in [2.45, 2.75) is 12.8 Å². The second-order valence-electron chi connectivity index (χ2n) is 8.40. The Morgan fingerprint density at radius 1 is 0.703 bits per heavy atom. The Morgan fingerprint density at radius 2 is 1.08 bits per heavy atom. The molecule has 6 N–H and O–H groups in total. The molecule has 0 spiro atoms. The largest absolute Gasteiger partial charge is 0.465 e. The molecule has 2 amide bonds. The van der Waals surface area contributed by atoms with Crippen molar-refractivity contribution < 1.29 is 29.3 Å². The number of anilines is 2. The molecule has 0 saturated carbocycles. The first kappa shape index (κ1) is 25.8. The summed E-state index contributed by atoms with van der Waals surface area (Å²) in [7, 11) is 0. The molecule has 0 saturated heterocycles. The van der Waals surface area contributed by atoms with Gasteiger partial charge in [0.2, 0.25) is 6.79 Å². The first-order valence-corrected chi connectivity index (χ1v) is 12.0. The summed E-state index contributed by atoms with van der Waals surface area (Å²) in [6.07, 6.45) is -1.75. The topological polar surface area (TPSA) is 152 Å². The Morgan fingerprint density at radius 3 is 1.41 bits per heavy atom. The van der Waals surface area contributed by atoms with E-state index in [1.807, 2.05) is 60.7 Å². The molecule has 4 rings (SSSR count). The van der Waals surface area contributed by atoms with Gasteiger partial charge >= 0.3 is 12.2 Å². The SMILES string of the molecule is NCCCN(C(=O)O)c1c(-c2ccccc2)c2c(c(-c3ccccc3)c1N(CCCN)C(=O)O)OCO2. The van der Waals surface area contributed by atoms with E-state index in [0.717, 1.165) is 9.80 Å². The fourth-order valence-electron chi connectivity index (χ4n) is 4.48. The van der Waals surface area contributed by atoms with E-state index in [-0.39, 0.29) is 44.3 Å². The maximum atomic E-state index is 12.7. The molecular formula is C27H30N4O6. The summed E-state index contributed by atoms with van der Waals surface area (Å²) in [5.41, 5.74) is 14.0. The average molecular weight is 507 g/mol. The van der Waals surface area contributed by atoms with Gasteiger partial charge in [0.15, 0.2) is 11.5 Å². The monoisotopic (exact) mass is 506 g/mol. The molecule has 0 aromatic heterocycles. The molecule has 0 bridgehead atoms. The zero-order valence-corrected chi connectivity index (χ0v) is 20.3. The molecule has 3 aromatic rings. The smallest absolute Gasteiger partial charge is 0.411 e. The standard InChI is InChI=1S/C27H30N4O6/c28-13-7-15-30(26(32)33)22-20(18-9-3-1-4-10-18)24-25(37-17-36-24)21(19-11-5-2-6-12-19)23(22)31(27(34)35)16-8-14-29/h1-6,9-12H,7-8,13-17,28-29H2,(H,32,33)(H,34,35). The lowest BCUT2D eigenvalue weighted by atomic mass is 9.92. The number of nitrogens with zero attached hydrogens (tertiary/aromatic N) is 2. The molecule has 1 heterocycles. The number of hydrogen-bond acceptors (Lipinski definition) is 6. The van der Waals surface area contributed by atoms with Crippen LogP contribution in [0.5, 0.6) is 11.5 Å².